The number of piperidine rings is 1. The number of carbonyl (C=O) groups excluding carboxylic acids is 1. The van der Waals surface area contributed by atoms with E-state index in [1.54, 1.807) is 12.3 Å². The Morgan fingerprint density at radius 1 is 1.20 bits per heavy atom. The smallest absolute Gasteiger partial charge is 0.254 e. The molecule has 0 radical (unpaired) electrons. The second kappa shape index (κ2) is 11.2. The number of hydrogen-bond donors (Lipinski definition) is 1. The lowest BCUT2D eigenvalue weighted by Crippen LogP contribution is -2.61. The van der Waals surface area contributed by atoms with Gasteiger partial charge in [-0.25, -0.2) is 14.4 Å². The van der Waals surface area contributed by atoms with Gasteiger partial charge in [0.1, 0.15) is 6.33 Å². The van der Waals surface area contributed by atoms with Crippen molar-refractivity contribution in [2.45, 2.75) is 76.6 Å². The molecule has 1 spiro atoms. The summed E-state index contributed by atoms with van der Waals surface area (Å²) in [5.74, 6) is 0.441. The summed E-state index contributed by atoms with van der Waals surface area (Å²) in [6, 6.07) is 4.96. The second-order valence-corrected chi connectivity index (χ2v) is 12.4. The summed E-state index contributed by atoms with van der Waals surface area (Å²) in [4.78, 5) is 28.2. The van der Waals surface area contributed by atoms with E-state index in [1.807, 2.05) is 18.7 Å². The number of benzene rings is 1. The van der Waals surface area contributed by atoms with Crippen LogP contribution in [0.4, 0.5) is 10.2 Å². The summed E-state index contributed by atoms with van der Waals surface area (Å²) < 4.78 is 27.1. The first-order chi connectivity index (χ1) is 19.3. The molecule has 1 aromatic carbocycles. The van der Waals surface area contributed by atoms with E-state index in [0.29, 0.717) is 29.8 Å². The summed E-state index contributed by atoms with van der Waals surface area (Å²) >= 11 is 0. The van der Waals surface area contributed by atoms with E-state index >= 15 is 4.39 Å². The fraction of sp³-hybridized carbons (Fsp3) is 0.633. The van der Waals surface area contributed by atoms with E-state index in [0.717, 1.165) is 71.2 Å². The Bertz CT molecular complexity index is 1200. The Balaban J connectivity index is 1.06. The van der Waals surface area contributed by atoms with Gasteiger partial charge in [0.15, 0.2) is 23.1 Å². The highest BCUT2D eigenvalue weighted by molar-refractivity contribution is 5.95. The van der Waals surface area contributed by atoms with Crippen molar-refractivity contribution in [3.05, 3.63) is 42.1 Å². The summed E-state index contributed by atoms with van der Waals surface area (Å²) in [6.07, 6.45) is 9.75. The van der Waals surface area contributed by atoms with Crippen LogP contribution < -0.4 is 15.4 Å². The van der Waals surface area contributed by atoms with Crippen LogP contribution in [0, 0.1) is 11.2 Å². The number of halogens is 1. The molecule has 1 aromatic heterocycles. The first-order valence-electron chi connectivity index (χ1n) is 14.7. The molecule has 4 heterocycles. The maximum atomic E-state index is 15.1. The van der Waals surface area contributed by atoms with Gasteiger partial charge in [0.25, 0.3) is 5.91 Å². The topological polar surface area (TPSA) is 97.1 Å². The fourth-order valence-corrected chi connectivity index (χ4v) is 6.48. The summed E-state index contributed by atoms with van der Waals surface area (Å²) in [7, 11) is 0. The molecule has 3 aliphatic heterocycles. The molecule has 6 rings (SSSR count). The van der Waals surface area contributed by atoms with Gasteiger partial charge in [0.05, 0.1) is 18.9 Å². The van der Waals surface area contributed by atoms with Gasteiger partial charge in [0, 0.05) is 48.7 Å². The molecule has 2 atom stereocenters. The average Bonchev–Trinajstić information content (AvgIpc) is 3.76. The lowest BCUT2D eigenvalue weighted by Gasteiger charge is -2.54. The van der Waals surface area contributed by atoms with Crippen LogP contribution in [0.1, 0.15) is 62.7 Å². The lowest BCUT2D eigenvalue weighted by molar-refractivity contribution is -0.0277. The van der Waals surface area contributed by atoms with Crippen LogP contribution in [0.2, 0.25) is 0 Å². The van der Waals surface area contributed by atoms with Gasteiger partial charge < -0.3 is 29.9 Å². The monoisotopic (exact) mass is 552 g/mol. The van der Waals surface area contributed by atoms with Crippen molar-refractivity contribution in [2.24, 2.45) is 11.1 Å². The number of likely N-dealkylation sites (tertiary alicyclic amines) is 1. The van der Waals surface area contributed by atoms with Gasteiger partial charge in [0.2, 0.25) is 0 Å². The largest absolute Gasteiger partial charge is 0.449 e. The third-order valence-corrected chi connectivity index (χ3v) is 8.92. The van der Waals surface area contributed by atoms with Crippen molar-refractivity contribution >= 4 is 11.7 Å². The van der Waals surface area contributed by atoms with Gasteiger partial charge in [-0.3, -0.25) is 4.79 Å². The van der Waals surface area contributed by atoms with E-state index in [-0.39, 0.29) is 35.2 Å². The normalized spacial score (nSPS) is 24.7. The zero-order chi connectivity index (χ0) is 27.9. The average molecular weight is 553 g/mol. The standard InChI is InChI=1S/C30H41FN6O3/c1-20(2)37(23-5-6-23)29(38)21-3-8-26(25(31)13-21)40-27-14-33-19-34-28(27)36-17-30(18-36)9-11-35(12-10-30)15-24-7-4-22(32)16-39-24/h3,8,13-14,19-20,22-24H,4-7,9-12,15-18,32H2,1-2H3/t22-,24+/m1/s1. The first kappa shape index (κ1) is 27.4. The second-order valence-electron chi connectivity index (χ2n) is 12.4. The van der Waals surface area contributed by atoms with E-state index in [2.05, 4.69) is 19.8 Å². The predicted octanol–water partition coefficient (Wildman–Crippen LogP) is 3.83. The molecule has 4 fully saturated rings. The van der Waals surface area contributed by atoms with Crippen molar-refractivity contribution in [3.8, 4) is 11.5 Å². The van der Waals surface area contributed by atoms with Crippen LogP contribution in [0.5, 0.6) is 11.5 Å². The fourth-order valence-electron chi connectivity index (χ4n) is 6.48. The number of carbonyl (C=O) groups is 1. The summed E-state index contributed by atoms with van der Waals surface area (Å²) in [5.41, 5.74) is 6.57. The minimum atomic E-state index is -0.573. The molecule has 1 aliphatic carbocycles. The van der Waals surface area contributed by atoms with Crippen molar-refractivity contribution in [1.29, 1.82) is 0 Å². The van der Waals surface area contributed by atoms with E-state index < -0.39 is 5.82 Å². The molecule has 1 saturated carbocycles. The first-order valence-corrected chi connectivity index (χ1v) is 14.7. The van der Waals surface area contributed by atoms with Crippen LogP contribution >= 0.6 is 0 Å². The number of aromatic nitrogens is 2. The van der Waals surface area contributed by atoms with Crippen LogP contribution in [0.25, 0.3) is 0 Å². The summed E-state index contributed by atoms with van der Waals surface area (Å²) in [6.45, 7) is 9.57. The van der Waals surface area contributed by atoms with Crippen molar-refractivity contribution in [1.82, 2.24) is 19.8 Å². The molecule has 0 unspecified atom stereocenters. The molecule has 4 aliphatic rings. The number of hydrogen-bond acceptors (Lipinski definition) is 8. The van der Waals surface area contributed by atoms with Gasteiger partial charge in [-0.1, -0.05) is 0 Å². The van der Waals surface area contributed by atoms with Gasteiger partial charge in [-0.2, -0.15) is 0 Å². The van der Waals surface area contributed by atoms with Crippen molar-refractivity contribution in [2.75, 3.05) is 44.2 Å². The zero-order valence-corrected chi connectivity index (χ0v) is 23.6. The molecule has 0 bridgehead atoms. The Kier molecular flexibility index (Phi) is 7.67. The maximum Gasteiger partial charge on any atom is 0.254 e. The van der Waals surface area contributed by atoms with E-state index in [9.17, 15) is 4.79 Å². The van der Waals surface area contributed by atoms with E-state index in [4.69, 9.17) is 15.2 Å². The molecule has 9 nitrogen and oxygen atoms in total. The summed E-state index contributed by atoms with van der Waals surface area (Å²) in [5, 5.41) is 0. The zero-order valence-electron chi connectivity index (χ0n) is 23.6. The molecule has 216 valence electrons. The molecule has 2 N–H and O–H groups in total. The molecular formula is C30H41FN6O3. The number of amides is 1. The Labute approximate surface area is 235 Å². The van der Waals surface area contributed by atoms with Gasteiger partial charge in [-0.05, 0) is 83.7 Å². The third kappa shape index (κ3) is 5.80. The Hall–Kier alpha value is -2.82. The van der Waals surface area contributed by atoms with Crippen molar-refractivity contribution in [3.63, 3.8) is 0 Å². The Morgan fingerprint density at radius 2 is 1.98 bits per heavy atom. The predicted molar refractivity (Wildman–Crippen MR) is 150 cm³/mol. The minimum absolute atomic E-state index is 0.0598. The number of ether oxygens (including phenoxy) is 2. The number of anilines is 1. The van der Waals surface area contributed by atoms with Gasteiger partial charge in [-0.15, -0.1) is 0 Å². The highest BCUT2D eigenvalue weighted by Gasteiger charge is 2.46. The molecule has 3 saturated heterocycles. The van der Waals surface area contributed by atoms with Crippen molar-refractivity contribution < 1.29 is 18.7 Å². The lowest BCUT2D eigenvalue weighted by atomic mass is 9.72. The van der Waals surface area contributed by atoms with Gasteiger partial charge >= 0.3 is 0 Å². The number of nitrogens with zero attached hydrogens (tertiary/aromatic N) is 5. The number of nitrogens with two attached hydrogens (primary N) is 1. The van der Waals surface area contributed by atoms with Crippen LogP contribution in [0.3, 0.4) is 0 Å². The Morgan fingerprint density at radius 3 is 2.62 bits per heavy atom. The highest BCUT2D eigenvalue weighted by Crippen LogP contribution is 2.45. The van der Waals surface area contributed by atoms with Crippen LogP contribution in [-0.2, 0) is 4.74 Å². The molecule has 10 heteroatoms. The highest BCUT2D eigenvalue weighted by atomic mass is 19.1. The quantitative estimate of drug-likeness (QED) is 0.528. The maximum absolute atomic E-state index is 15.1. The minimum Gasteiger partial charge on any atom is -0.449 e. The third-order valence-electron chi connectivity index (χ3n) is 8.92. The SMILES string of the molecule is CC(C)N(C(=O)c1ccc(Oc2cncnc2N2CC3(CCN(C[C@@H]4CC[C@@H](N)CO4)CC3)C2)c(F)c1)C1CC1. The number of rotatable bonds is 8. The molecule has 40 heavy (non-hydrogen) atoms. The molecule has 2 aromatic rings. The van der Waals surface area contributed by atoms with Crippen LogP contribution in [0.15, 0.2) is 30.7 Å². The van der Waals surface area contributed by atoms with Crippen LogP contribution in [-0.4, -0.2) is 89.2 Å². The molecular weight excluding hydrogens is 511 g/mol. The van der Waals surface area contributed by atoms with E-state index in [1.165, 1.54) is 18.5 Å². The molecule has 1 amide bonds.